The van der Waals surface area contributed by atoms with Crippen molar-refractivity contribution in [2.45, 2.75) is 20.0 Å². The zero-order valence-corrected chi connectivity index (χ0v) is 10.7. The summed E-state index contributed by atoms with van der Waals surface area (Å²) in [5, 5.41) is 13.0. The Labute approximate surface area is 105 Å². The first-order valence-electron chi connectivity index (χ1n) is 5.53. The zero-order chi connectivity index (χ0) is 12.3. The minimum absolute atomic E-state index is 0.620. The van der Waals surface area contributed by atoms with Gasteiger partial charge in [-0.25, -0.2) is 4.98 Å². The highest BCUT2D eigenvalue weighted by atomic mass is 32.1. The van der Waals surface area contributed by atoms with E-state index < -0.39 is 6.10 Å². The van der Waals surface area contributed by atoms with Crippen LogP contribution < -0.4 is 4.74 Å². The molecule has 0 spiro atoms. The van der Waals surface area contributed by atoms with Gasteiger partial charge in [-0.2, -0.15) is 0 Å². The standard InChI is InChI=1S/C13H15NO2S/c1-3-16-11-6-4-5-10(7-11)13(15)12-8-17-9(2)14-12/h4-8,13,15H,3H2,1-2H3. The minimum Gasteiger partial charge on any atom is -0.494 e. The molecular formula is C13H15NO2S. The van der Waals surface area contributed by atoms with Crippen LogP contribution in [0.4, 0.5) is 0 Å². The van der Waals surface area contributed by atoms with Crippen LogP contribution >= 0.6 is 11.3 Å². The summed E-state index contributed by atoms with van der Waals surface area (Å²) in [6.07, 6.45) is -0.680. The first kappa shape index (κ1) is 12.1. The normalized spacial score (nSPS) is 12.4. The average molecular weight is 249 g/mol. The Kier molecular flexibility index (Phi) is 3.76. The number of benzene rings is 1. The second-order valence-electron chi connectivity index (χ2n) is 3.70. The second-order valence-corrected chi connectivity index (χ2v) is 4.76. The molecule has 1 heterocycles. The molecule has 3 nitrogen and oxygen atoms in total. The van der Waals surface area contributed by atoms with Crippen molar-refractivity contribution >= 4 is 11.3 Å². The van der Waals surface area contributed by atoms with Gasteiger partial charge in [0.05, 0.1) is 17.3 Å². The molecule has 1 unspecified atom stereocenters. The van der Waals surface area contributed by atoms with Crippen molar-refractivity contribution in [1.29, 1.82) is 0 Å². The lowest BCUT2D eigenvalue weighted by Crippen LogP contribution is -2.01. The summed E-state index contributed by atoms with van der Waals surface area (Å²) >= 11 is 1.54. The van der Waals surface area contributed by atoms with Gasteiger partial charge >= 0.3 is 0 Å². The number of hydrogen-bond acceptors (Lipinski definition) is 4. The summed E-state index contributed by atoms with van der Waals surface area (Å²) in [5.74, 6) is 0.774. The summed E-state index contributed by atoms with van der Waals surface area (Å²) in [4.78, 5) is 4.29. The predicted molar refractivity (Wildman–Crippen MR) is 68.5 cm³/mol. The molecule has 0 saturated heterocycles. The van der Waals surface area contributed by atoms with E-state index in [0.29, 0.717) is 12.3 Å². The number of aliphatic hydroxyl groups is 1. The Hall–Kier alpha value is -1.39. The van der Waals surface area contributed by atoms with Gasteiger partial charge in [0.25, 0.3) is 0 Å². The number of nitrogens with zero attached hydrogens (tertiary/aromatic N) is 1. The van der Waals surface area contributed by atoms with Crippen LogP contribution in [0.1, 0.15) is 29.3 Å². The van der Waals surface area contributed by atoms with Gasteiger partial charge in [-0.3, -0.25) is 0 Å². The van der Waals surface area contributed by atoms with Crippen LogP contribution in [0, 0.1) is 6.92 Å². The maximum absolute atomic E-state index is 10.2. The monoisotopic (exact) mass is 249 g/mol. The highest BCUT2D eigenvalue weighted by Gasteiger charge is 2.13. The molecule has 0 fully saturated rings. The third-order valence-corrected chi connectivity index (χ3v) is 3.19. The summed E-state index contributed by atoms with van der Waals surface area (Å²) in [6.45, 7) is 4.49. The lowest BCUT2D eigenvalue weighted by molar-refractivity contribution is 0.215. The second kappa shape index (κ2) is 5.29. The van der Waals surface area contributed by atoms with Gasteiger partial charge in [-0.05, 0) is 31.5 Å². The Morgan fingerprint density at radius 3 is 2.94 bits per heavy atom. The predicted octanol–water partition coefficient (Wildman–Crippen LogP) is 2.93. The third kappa shape index (κ3) is 2.84. The molecule has 1 N–H and O–H groups in total. The van der Waals surface area contributed by atoms with Gasteiger partial charge in [0.15, 0.2) is 0 Å². The fourth-order valence-electron chi connectivity index (χ4n) is 1.62. The van der Waals surface area contributed by atoms with Crippen molar-refractivity contribution in [2.24, 2.45) is 0 Å². The number of hydrogen-bond donors (Lipinski definition) is 1. The summed E-state index contributed by atoms with van der Waals surface area (Å²) in [6, 6.07) is 7.49. The quantitative estimate of drug-likeness (QED) is 0.906. The first-order valence-corrected chi connectivity index (χ1v) is 6.41. The van der Waals surface area contributed by atoms with Crippen molar-refractivity contribution in [2.75, 3.05) is 6.61 Å². The molecule has 0 aliphatic carbocycles. The van der Waals surface area contributed by atoms with Gasteiger partial charge in [-0.1, -0.05) is 12.1 Å². The minimum atomic E-state index is -0.680. The van der Waals surface area contributed by atoms with E-state index in [0.717, 1.165) is 16.3 Å². The van der Waals surface area contributed by atoms with E-state index in [1.54, 1.807) is 0 Å². The third-order valence-electron chi connectivity index (χ3n) is 2.40. The Morgan fingerprint density at radius 2 is 2.29 bits per heavy atom. The number of aromatic nitrogens is 1. The van der Waals surface area contributed by atoms with E-state index in [-0.39, 0.29) is 0 Å². The Morgan fingerprint density at radius 1 is 1.47 bits per heavy atom. The molecule has 1 aromatic heterocycles. The molecule has 0 bridgehead atoms. The van der Waals surface area contributed by atoms with Crippen LogP contribution in [0.2, 0.25) is 0 Å². The highest BCUT2D eigenvalue weighted by molar-refractivity contribution is 7.09. The van der Waals surface area contributed by atoms with Crippen LogP contribution in [0.3, 0.4) is 0 Å². The Balaban J connectivity index is 2.24. The number of rotatable bonds is 4. The van der Waals surface area contributed by atoms with Gasteiger partial charge in [0.2, 0.25) is 0 Å². The van der Waals surface area contributed by atoms with Crippen LogP contribution in [0.25, 0.3) is 0 Å². The fraction of sp³-hybridized carbons (Fsp3) is 0.308. The van der Waals surface area contributed by atoms with Gasteiger partial charge in [0, 0.05) is 5.38 Å². The molecule has 90 valence electrons. The summed E-state index contributed by atoms with van der Waals surface area (Å²) in [7, 11) is 0. The van der Waals surface area contributed by atoms with Gasteiger partial charge < -0.3 is 9.84 Å². The first-order chi connectivity index (χ1) is 8.20. The molecule has 1 aromatic carbocycles. The molecule has 0 aliphatic heterocycles. The van der Waals surface area contributed by atoms with E-state index in [1.165, 1.54) is 11.3 Å². The van der Waals surface area contributed by atoms with E-state index in [9.17, 15) is 5.11 Å². The van der Waals surface area contributed by atoms with Gasteiger partial charge in [0.1, 0.15) is 11.9 Å². The largest absolute Gasteiger partial charge is 0.494 e. The van der Waals surface area contributed by atoms with Gasteiger partial charge in [-0.15, -0.1) is 11.3 Å². The molecule has 0 amide bonds. The van der Waals surface area contributed by atoms with Crippen molar-refractivity contribution in [3.8, 4) is 5.75 Å². The lowest BCUT2D eigenvalue weighted by Gasteiger charge is -2.10. The fourth-order valence-corrected chi connectivity index (χ4v) is 2.25. The van der Waals surface area contributed by atoms with E-state index in [1.807, 2.05) is 43.5 Å². The summed E-state index contributed by atoms with van der Waals surface area (Å²) in [5.41, 5.74) is 1.50. The molecule has 0 radical (unpaired) electrons. The highest BCUT2D eigenvalue weighted by Crippen LogP contribution is 2.25. The molecule has 4 heteroatoms. The van der Waals surface area contributed by atoms with Crippen LogP contribution in [-0.2, 0) is 0 Å². The van der Waals surface area contributed by atoms with Crippen molar-refractivity contribution in [1.82, 2.24) is 4.98 Å². The SMILES string of the molecule is CCOc1cccc(C(O)c2csc(C)n2)c1. The summed E-state index contributed by atoms with van der Waals surface area (Å²) < 4.78 is 5.41. The number of ether oxygens (including phenoxy) is 1. The Bertz CT molecular complexity index is 496. The van der Waals surface area contributed by atoms with Crippen molar-refractivity contribution < 1.29 is 9.84 Å². The van der Waals surface area contributed by atoms with E-state index >= 15 is 0 Å². The van der Waals surface area contributed by atoms with Crippen molar-refractivity contribution in [3.63, 3.8) is 0 Å². The topological polar surface area (TPSA) is 42.4 Å². The number of aryl methyl sites for hydroxylation is 1. The zero-order valence-electron chi connectivity index (χ0n) is 9.88. The lowest BCUT2D eigenvalue weighted by atomic mass is 10.1. The van der Waals surface area contributed by atoms with Crippen molar-refractivity contribution in [3.05, 3.63) is 45.9 Å². The maximum atomic E-state index is 10.2. The van der Waals surface area contributed by atoms with E-state index in [4.69, 9.17) is 4.74 Å². The molecule has 0 aliphatic rings. The maximum Gasteiger partial charge on any atom is 0.122 e. The molecule has 17 heavy (non-hydrogen) atoms. The van der Waals surface area contributed by atoms with Crippen LogP contribution in [0.5, 0.6) is 5.75 Å². The van der Waals surface area contributed by atoms with E-state index in [2.05, 4.69) is 4.98 Å². The van der Waals surface area contributed by atoms with Crippen LogP contribution in [-0.4, -0.2) is 16.7 Å². The molecule has 1 atom stereocenters. The molecule has 2 aromatic rings. The molecular weight excluding hydrogens is 234 g/mol. The average Bonchev–Trinajstić information content (AvgIpc) is 2.76. The molecule has 2 rings (SSSR count). The molecule has 0 saturated carbocycles. The smallest absolute Gasteiger partial charge is 0.122 e. The number of thiazole rings is 1. The number of aliphatic hydroxyl groups excluding tert-OH is 1. The van der Waals surface area contributed by atoms with Crippen LogP contribution in [0.15, 0.2) is 29.6 Å².